The molecule has 0 fully saturated rings. The molecule has 0 saturated heterocycles. The van der Waals surface area contributed by atoms with Crippen LogP contribution in [0.5, 0.6) is 0 Å². The second-order valence-electron chi connectivity index (χ2n) is 6.67. The molecule has 1 heterocycles. The van der Waals surface area contributed by atoms with Crippen LogP contribution in [0.3, 0.4) is 0 Å². The molecule has 3 N–H and O–H groups in total. The van der Waals surface area contributed by atoms with Gasteiger partial charge in [0.15, 0.2) is 0 Å². The lowest BCUT2D eigenvalue weighted by Gasteiger charge is -2.15. The van der Waals surface area contributed by atoms with Crippen LogP contribution in [0, 0.1) is 0 Å². The van der Waals surface area contributed by atoms with E-state index in [2.05, 4.69) is 17.4 Å². The van der Waals surface area contributed by atoms with Crippen molar-refractivity contribution < 1.29 is 9.59 Å². The number of hydrogen-bond acceptors (Lipinski definition) is 3. The maximum atomic E-state index is 12.3. The molecule has 2 amide bonds. The summed E-state index contributed by atoms with van der Waals surface area (Å²) in [6.07, 6.45) is 2.15. The van der Waals surface area contributed by atoms with Gasteiger partial charge in [-0.05, 0) is 35.6 Å². The molecule has 0 bridgehead atoms. The van der Waals surface area contributed by atoms with Gasteiger partial charge in [-0.1, -0.05) is 42.5 Å². The van der Waals surface area contributed by atoms with Gasteiger partial charge in [0.25, 0.3) is 0 Å². The van der Waals surface area contributed by atoms with Crippen LogP contribution in [0.15, 0.2) is 48.5 Å². The maximum Gasteiger partial charge on any atom is 0.223 e. The Morgan fingerprint density at radius 3 is 2.31 bits per heavy atom. The molecular weight excluding hydrogens is 326 g/mol. The smallest absolute Gasteiger partial charge is 0.223 e. The number of aryl methyl sites for hydroxylation is 1. The lowest BCUT2D eigenvalue weighted by atomic mass is 10.1. The maximum absolute atomic E-state index is 12.3. The van der Waals surface area contributed by atoms with Crippen LogP contribution in [-0.4, -0.2) is 23.3 Å². The van der Waals surface area contributed by atoms with Gasteiger partial charge in [-0.25, -0.2) is 0 Å². The van der Waals surface area contributed by atoms with Crippen molar-refractivity contribution in [2.45, 2.75) is 38.8 Å². The van der Waals surface area contributed by atoms with Crippen LogP contribution in [0.4, 0.5) is 5.69 Å². The van der Waals surface area contributed by atoms with E-state index in [-0.39, 0.29) is 11.8 Å². The molecule has 136 valence electrons. The predicted octanol–water partition coefficient (Wildman–Crippen LogP) is 2.64. The van der Waals surface area contributed by atoms with Gasteiger partial charge < -0.3 is 16.0 Å². The minimum Gasteiger partial charge on any atom is -0.399 e. The molecule has 0 aliphatic carbocycles. The third-order valence-electron chi connectivity index (χ3n) is 4.76. The fourth-order valence-corrected chi connectivity index (χ4v) is 3.23. The third kappa shape index (κ3) is 4.63. The molecule has 1 aliphatic rings. The molecule has 0 spiro atoms. The number of nitrogens with two attached hydrogens (primary N) is 1. The van der Waals surface area contributed by atoms with Gasteiger partial charge in [0.05, 0.1) is 0 Å². The molecule has 0 atom stereocenters. The zero-order valence-corrected chi connectivity index (χ0v) is 14.9. The van der Waals surface area contributed by atoms with Crippen LogP contribution in [-0.2, 0) is 29.1 Å². The first kappa shape index (κ1) is 18.0. The van der Waals surface area contributed by atoms with Crippen LogP contribution >= 0.6 is 0 Å². The highest BCUT2D eigenvalue weighted by Crippen LogP contribution is 2.22. The summed E-state index contributed by atoms with van der Waals surface area (Å²) >= 11 is 0. The molecule has 0 saturated carbocycles. The Labute approximate surface area is 154 Å². The second-order valence-corrected chi connectivity index (χ2v) is 6.67. The summed E-state index contributed by atoms with van der Waals surface area (Å²) < 4.78 is 0. The minimum atomic E-state index is -0.00530. The number of para-hydroxylation sites is 1. The van der Waals surface area contributed by atoms with Crippen LogP contribution in [0.25, 0.3) is 0 Å². The number of carbonyl (C=O) groups is 2. The molecule has 0 unspecified atom stereocenters. The fourth-order valence-electron chi connectivity index (χ4n) is 3.23. The first-order valence-corrected chi connectivity index (χ1v) is 9.08. The van der Waals surface area contributed by atoms with E-state index in [1.54, 1.807) is 0 Å². The first-order valence-electron chi connectivity index (χ1n) is 9.08. The van der Waals surface area contributed by atoms with Crippen molar-refractivity contribution in [1.29, 1.82) is 0 Å². The van der Waals surface area contributed by atoms with Gasteiger partial charge in [-0.2, -0.15) is 0 Å². The molecule has 0 aromatic heterocycles. The number of fused-ring (bicyclic) bond motifs is 1. The van der Waals surface area contributed by atoms with Gasteiger partial charge in [0.1, 0.15) is 0 Å². The highest BCUT2D eigenvalue weighted by Gasteiger charge is 2.22. The van der Waals surface area contributed by atoms with E-state index in [4.69, 9.17) is 5.73 Å². The van der Waals surface area contributed by atoms with Crippen LogP contribution in [0.2, 0.25) is 0 Å². The average molecular weight is 351 g/mol. The largest absolute Gasteiger partial charge is 0.399 e. The summed E-state index contributed by atoms with van der Waals surface area (Å²) in [5.74, 6) is 0.141. The number of rotatable bonds is 7. The average Bonchev–Trinajstić information content (AvgIpc) is 3.09. The number of anilines is 1. The van der Waals surface area contributed by atoms with Crippen molar-refractivity contribution in [3.05, 3.63) is 65.2 Å². The lowest BCUT2D eigenvalue weighted by Crippen LogP contribution is -2.28. The van der Waals surface area contributed by atoms with E-state index in [1.807, 2.05) is 41.3 Å². The van der Waals surface area contributed by atoms with Crippen molar-refractivity contribution in [2.75, 3.05) is 12.3 Å². The number of hydrogen-bond donors (Lipinski definition) is 2. The second kappa shape index (κ2) is 8.52. The summed E-state index contributed by atoms with van der Waals surface area (Å²) in [7, 11) is 0. The van der Waals surface area contributed by atoms with Gasteiger partial charge in [0.2, 0.25) is 11.8 Å². The highest BCUT2D eigenvalue weighted by atomic mass is 16.2. The topological polar surface area (TPSA) is 75.4 Å². The zero-order valence-electron chi connectivity index (χ0n) is 14.9. The first-order chi connectivity index (χ1) is 12.6. The van der Waals surface area contributed by atoms with Crippen molar-refractivity contribution in [3.8, 4) is 0 Å². The minimum absolute atomic E-state index is 0.00530. The molecule has 26 heavy (non-hydrogen) atoms. The quantitative estimate of drug-likeness (QED) is 0.595. The Morgan fingerprint density at radius 1 is 0.962 bits per heavy atom. The van der Waals surface area contributed by atoms with E-state index in [9.17, 15) is 9.59 Å². The molecular formula is C21H25N3O2. The predicted molar refractivity (Wildman–Crippen MR) is 102 cm³/mol. The number of amides is 2. The van der Waals surface area contributed by atoms with E-state index in [1.165, 1.54) is 11.1 Å². The fraction of sp³-hybridized carbons (Fsp3) is 0.333. The zero-order chi connectivity index (χ0) is 18.4. The number of nitrogen functional groups attached to an aromatic ring is 1. The Hall–Kier alpha value is -2.82. The molecule has 2 aromatic rings. The molecule has 5 nitrogen and oxygen atoms in total. The normalized spacial score (nSPS) is 12.7. The van der Waals surface area contributed by atoms with Gasteiger partial charge >= 0.3 is 0 Å². The molecule has 2 aromatic carbocycles. The third-order valence-corrected chi connectivity index (χ3v) is 4.76. The van der Waals surface area contributed by atoms with E-state index in [0.29, 0.717) is 45.3 Å². The lowest BCUT2D eigenvalue weighted by molar-refractivity contribution is -0.132. The van der Waals surface area contributed by atoms with Crippen LogP contribution in [0.1, 0.15) is 36.0 Å². The summed E-state index contributed by atoms with van der Waals surface area (Å²) in [6, 6.07) is 15.7. The summed E-state index contributed by atoms with van der Waals surface area (Å²) in [4.78, 5) is 26.1. The van der Waals surface area contributed by atoms with Crippen molar-refractivity contribution in [3.63, 3.8) is 0 Å². The molecule has 0 radical (unpaired) electrons. The summed E-state index contributed by atoms with van der Waals surface area (Å²) in [6.45, 7) is 1.91. The number of carbonyl (C=O) groups excluding carboxylic acids is 2. The SMILES string of the molecule is Nc1ccccc1CCC(=O)NCCCC(=O)N1Cc2ccccc2C1. The Balaban J connectivity index is 1.32. The Kier molecular flexibility index (Phi) is 5.89. The van der Waals surface area contributed by atoms with Gasteiger partial charge in [0, 0.05) is 38.2 Å². The number of nitrogens with zero attached hydrogens (tertiary/aromatic N) is 1. The van der Waals surface area contributed by atoms with Gasteiger partial charge in [-0.3, -0.25) is 9.59 Å². The van der Waals surface area contributed by atoms with Crippen molar-refractivity contribution in [2.24, 2.45) is 0 Å². The monoisotopic (exact) mass is 351 g/mol. The number of nitrogens with one attached hydrogen (secondary N) is 1. The number of benzene rings is 2. The standard InChI is InChI=1S/C21H25N3O2/c22-19-9-4-3-6-16(19)11-12-20(25)23-13-5-10-21(26)24-14-17-7-1-2-8-18(17)15-24/h1-4,6-9H,5,10-15,22H2,(H,23,25). The van der Waals surface area contributed by atoms with Gasteiger partial charge in [-0.15, -0.1) is 0 Å². The van der Waals surface area contributed by atoms with Crippen LogP contribution < -0.4 is 11.1 Å². The molecule has 3 rings (SSSR count). The van der Waals surface area contributed by atoms with E-state index >= 15 is 0 Å². The molecule has 1 aliphatic heterocycles. The highest BCUT2D eigenvalue weighted by molar-refractivity contribution is 5.78. The van der Waals surface area contributed by atoms with E-state index in [0.717, 1.165) is 11.3 Å². The van der Waals surface area contributed by atoms with Crippen molar-refractivity contribution >= 4 is 17.5 Å². The summed E-state index contributed by atoms with van der Waals surface area (Å²) in [5, 5.41) is 2.88. The van der Waals surface area contributed by atoms with Crippen molar-refractivity contribution in [1.82, 2.24) is 10.2 Å². The summed E-state index contributed by atoms with van der Waals surface area (Å²) in [5.41, 5.74) is 10.1. The Bertz CT molecular complexity index is 763. The molecule has 5 heteroatoms. The Morgan fingerprint density at radius 2 is 1.62 bits per heavy atom. The van der Waals surface area contributed by atoms with E-state index < -0.39 is 0 Å².